The van der Waals surface area contributed by atoms with Gasteiger partial charge < -0.3 is 24.6 Å². The van der Waals surface area contributed by atoms with E-state index in [2.05, 4.69) is 10.2 Å². The largest absolute Gasteiger partial charge is 0.444 e. The fraction of sp³-hybridized carbons (Fsp3) is 0.941. The van der Waals surface area contributed by atoms with E-state index in [1.807, 2.05) is 39.8 Å². The summed E-state index contributed by atoms with van der Waals surface area (Å²) in [7, 11) is 4.08. The molecule has 1 unspecified atom stereocenters. The number of ether oxygens (including phenoxy) is 2. The molecule has 0 aromatic heterocycles. The Bertz CT molecular complexity index is 342. The summed E-state index contributed by atoms with van der Waals surface area (Å²) in [6.45, 7) is 10.5. The molecule has 1 rings (SSSR count). The molecule has 23 heavy (non-hydrogen) atoms. The predicted molar refractivity (Wildman–Crippen MR) is 92.8 cm³/mol. The van der Waals surface area contributed by atoms with Crippen LogP contribution in [0.15, 0.2) is 0 Å². The number of nitrogens with zero attached hydrogens (tertiary/aromatic N) is 2. The number of carbonyl (C=O) groups excluding carboxylic acids is 1. The molecule has 0 bridgehead atoms. The maximum Gasteiger partial charge on any atom is 0.410 e. The van der Waals surface area contributed by atoms with Crippen molar-refractivity contribution in [2.75, 3.05) is 53.5 Å². The average Bonchev–Trinajstić information content (AvgIpc) is 2.44. The van der Waals surface area contributed by atoms with Crippen molar-refractivity contribution >= 4 is 6.09 Å². The van der Waals surface area contributed by atoms with E-state index in [1.54, 1.807) is 0 Å². The first-order valence-electron chi connectivity index (χ1n) is 8.72. The molecule has 1 fully saturated rings. The maximum atomic E-state index is 12.3. The van der Waals surface area contributed by atoms with Crippen molar-refractivity contribution in [3.8, 4) is 0 Å². The van der Waals surface area contributed by atoms with Gasteiger partial charge in [-0.2, -0.15) is 0 Å². The molecule has 1 aliphatic heterocycles. The van der Waals surface area contributed by atoms with E-state index in [9.17, 15) is 4.79 Å². The first-order chi connectivity index (χ1) is 10.8. The lowest BCUT2D eigenvalue weighted by Crippen LogP contribution is -2.50. The zero-order valence-electron chi connectivity index (χ0n) is 15.6. The third-order valence-electron chi connectivity index (χ3n) is 3.74. The third kappa shape index (κ3) is 9.13. The lowest BCUT2D eigenvalue weighted by Gasteiger charge is -2.36. The van der Waals surface area contributed by atoms with Crippen molar-refractivity contribution in [2.24, 2.45) is 0 Å². The number of likely N-dealkylation sites (N-methyl/N-ethyl adjacent to an activating group) is 1. The minimum Gasteiger partial charge on any atom is -0.444 e. The number of likely N-dealkylation sites (tertiary alicyclic amines) is 1. The van der Waals surface area contributed by atoms with Gasteiger partial charge in [-0.05, 0) is 54.1 Å². The number of hydrogen-bond donors (Lipinski definition) is 1. The van der Waals surface area contributed by atoms with Crippen LogP contribution in [-0.2, 0) is 9.47 Å². The van der Waals surface area contributed by atoms with Crippen molar-refractivity contribution in [1.29, 1.82) is 0 Å². The van der Waals surface area contributed by atoms with Gasteiger partial charge in [0.1, 0.15) is 5.60 Å². The molecule has 1 amide bonds. The minimum atomic E-state index is -0.438. The fourth-order valence-electron chi connectivity index (χ4n) is 2.54. The Hall–Kier alpha value is -0.850. The molecule has 136 valence electrons. The summed E-state index contributed by atoms with van der Waals surface area (Å²) in [5.74, 6) is 0. The summed E-state index contributed by atoms with van der Waals surface area (Å²) in [6, 6.07) is 0.223. The van der Waals surface area contributed by atoms with Gasteiger partial charge in [-0.25, -0.2) is 4.79 Å². The molecule has 0 radical (unpaired) electrons. The van der Waals surface area contributed by atoms with Gasteiger partial charge in [0, 0.05) is 32.2 Å². The lowest BCUT2D eigenvalue weighted by molar-refractivity contribution is 0.00976. The fourth-order valence-corrected chi connectivity index (χ4v) is 2.54. The monoisotopic (exact) mass is 329 g/mol. The Morgan fingerprint density at radius 1 is 1.26 bits per heavy atom. The van der Waals surface area contributed by atoms with Crippen LogP contribution in [0.5, 0.6) is 0 Å². The number of rotatable bonds is 8. The normalized spacial score (nSPS) is 19.2. The van der Waals surface area contributed by atoms with Gasteiger partial charge in [0.05, 0.1) is 13.2 Å². The Balaban J connectivity index is 2.25. The van der Waals surface area contributed by atoms with Crippen molar-refractivity contribution in [2.45, 2.75) is 51.7 Å². The Morgan fingerprint density at radius 2 is 2.00 bits per heavy atom. The second-order valence-electron chi connectivity index (χ2n) is 7.44. The van der Waals surface area contributed by atoms with E-state index in [1.165, 1.54) is 6.42 Å². The summed E-state index contributed by atoms with van der Waals surface area (Å²) in [4.78, 5) is 16.3. The van der Waals surface area contributed by atoms with E-state index < -0.39 is 5.60 Å². The van der Waals surface area contributed by atoms with Crippen LogP contribution < -0.4 is 5.32 Å². The van der Waals surface area contributed by atoms with Crippen LogP contribution in [0.1, 0.15) is 40.0 Å². The van der Waals surface area contributed by atoms with E-state index in [-0.39, 0.29) is 12.1 Å². The SMILES string of the molecule is CN(C)CCOCCNCC1CCCCN1C(=O)OC(C)(C)C. The molecule has 1 heterocycles. The second-order valence-corrected chi connectivity index (χ2v) is 7.44. The van der Waals surface area contributed by atoms with Gasteiger partial charge in [-0.1, -0.05) is 0 Å². The summed E-state index contributed by atoms with van der Waals surface area (Å²) in [5, 5.41) is 3.40. The Labute approximate surface area is 141 Å². The molecular weight excluding hydrogens is 294 g/mol. The van der Waals surface area contributed by atoms with Crippen LogP contribution >= 0.6 is 0 Å². The standard InChI is InChI=1S/C17H35N3O3/c1-17(2,3)23-16(21)20-10-7-6-8-15(20)14-18-9-12-22-13-11-19(4)5/h15,18H,6-14H2,1-5H3. The number of carbonyl (C=O) groups is 1. The summed E-state index contributed by atoms with van der Waals surface area (Å²) in [6.07, 6.45) is 3.08. The Kier molecular flexibility index (Phi) is 8.87. The average molecular weight is 329 g/mol. The molecule has 6 heteroatoms. The molecule has 0 spiro atoms. The zero-order valence-corrected chi connectivity index (χ0v) is 15.6. The lowest BCUT2D eigenvalue weighted by atomic mass is 10.0. The van der Waals surface area contributed by atoms with Gasteiger partial charge >= 0.3 is 6.09 Å². The highest BCUT2D eigenvalue weighted by atomic mass is 16.6. The number of piperidine rings is 1. The van der Waals surface area contributed by atoms with Crippen LogP contribution in [0.4, 0.5) is 4.79 Å². The van der Waals surface area contributed by atoms with Gasteiger partial charge in [-0.15, -0.1) is 0 Å². The molecule has 6 nitrogen and oxygen atoms in total. The Morgan fingerprint density at radius 3 is 2.65 bits per heavy atom. The zero-order chi connectivity index (χ0) is 17.3. The molecule has 1 saturated heterocycles. The maximum absolute atomic E-state index is 12.3. The highest BCUT2D eigenvalue weighted by Gasteiger charge is 2.29. The van der Waals surface area contributed by atoms with Crippen LogP contribution in [0, 0.1) is 0 Å². The number of hydrogen-bond acceptors (Lipinski definition) is 5. The van der Waals surface area contributed by atoms with Crippen molar-refractivity contribution < 1.29 is 14.3 Å². The summed E-state index contributed by atoms with van der Waals surface area (Å²) < 4.78 is 11.1. The van der Waals surface area contributed by atoms with Crippen LogP contribution in [-0.4, -0.2) is 81.0 Å². The van der Waals surface area contributed by atoms with Gasteiger partial charge in [0.15, 0.2) is 0 Å². The van der Waals surface area contributed by atoms with Crippen LogP contribution in [0.25, 0.3) is 0 Å². The molecule has 0 aromatic carbocycles. The van der Waals surface area contributed by atoms with Crippen LogP contribution in [0.2, 0.25) is 0 Å². The molecule has 1 N–H and O–H groups in total. The van der Waals surface area contributed by atoms with Gasteiger partial charge in [-0.3, -0.25) is 0 Å². The number of amides is 1. The highest BCUT2D eigenvalue weighted by molar-refractivity contribution is 5.68. The molecular formula is C17H35N3O3. The van der Waals surface area contributed by atoms with E-state index >= 15 is 0 Å². The minimum absolute atomic E-state index is 0.189. The topological polar surface area (TPSA) is 54.0 Å². The van der Waals surface area contributed by atoms with Gasteiger partial charge in [0.25, 0.3) is 0 Å². The molecule has 0 aliphatic carbocycles. The second kappa shape index (κ2) is 10.1. The van der Waals surface area contributed by atoms with Crippen molar-refractivity contribution in [3.63, 3.8) is 0 Å². The van der Waals surface area contributed by atoms with Crippen LogP contribution in [0.3, 0.4) is 0 Å². The molecule has 0 saturated carbocycles. The number of nitrogens with one attached hydrogen (secondary N) is 1. The summed E-state index contributed by atoms with van der Waals surface area (Å²) >= 11 is 0. The van der Waals surface area contributed by atoms with Gasteiger partial charge in [0.2, 0.25) is 0 Å². The predicted octanol–water partition coefficient (Wildman–Crippen LogP) is 1.94. The van der Waals surface area contributed by atoms with Crippen molar-refractivity contribution in [3.05, 3.63) is 0 Å². The molecule has 1 aliphatic rings. The molecule has 1 atom stereocenters. The van der Waals surface area contributed by atoms with E-state index in [0.29, 0.717) is 6.61 Å². The first kappa shape index (κ1) is 20.2. The first-order valence-corrected chi connectivity index (χ1v) is 8.72. The highest BCUT2D eigenvalue weighted by Crippen LogP contribution is 2.19. The van der Waals surface area contributed by atoms with E-state index in [4.69, 9.17) is 9.47 Å². The third-order valence-corrected chi connectivity index (χ3v) is 3.74. The van der Waals surface area contributed by atoms with E-state index in [0.717, 1.165) is 45.6 Å². The smallest absolute Gasteiger partial charge is 0.410 e. The summed E-state index contributed by atoms with van der Waals surface area (Å²) in [5.41, 5.74) is -0.438. The quantitative estimate of drug-likeness (QED) is 0.690. The molecule has 0 aromatic rings. The van der Waals surface area contributed by atoms with Crippen molar-refractivity contribution in [1.82, 2.24) is 15.1 Å².